The summed E-state index contributed by atoms with van der Waals surface area (Å²) in [6.07, 6.45) is -17.4. The summed E-state index contributed by atoms with van der Waals surface area (Å²) in [5.74, 6) is -74.3. The van der Waals surface area contributed by atoms with Gasteiger partial charge in [-0.25, -0.2) is 0 Å². The summed E-state index contributed by atoms with van der Waals surface area (Å²) in [4.78, 5) is 0. The van der Waals surface area contributed by atoms with Crippen molar-refractivity contribution in [2.24, 2.45) is 0 Å². The van der Waals surface area contributed by atoms with Gasteiger partial charge in [-0.1, -0.05) is 32.6 Å². The molecule has 0 aromatic rings. The number of quaternary nitrogens is 2. The first-order valence-corrected chi connectivity index (χ1v) is 18.6. The van der Waals surface area contributed by atoms with Crippen molar-refractivity contribution in [2.45, 2.75) is 168 Å². The quantitative estimate of drug-likeness (QED) is 0.0416. The molecule has 1 atom stereocenters. The van der Waals surface area contributed by atoms with Gasteiger partial charge in [0.05, 0.1) is 53.9 Å². The summed E-state index contributed by atoms with van der Waals surface area (Å²) >= 11 is 0. The number of rotatable bonds is 28. The van der Waals surface area contributed by atoms with Gasteiger partial charge >= 0.3 is 71.6 Å². The van der Waals surface area contributed by atoms with Crippen LogP contribution in [0, 0.1) is 0 Å². The maximum atomic E-state index is 14.2. The van der Waals surface area contributed by atoms with E-state index in [9.17, 15) is 114 Å². The molecule has 0 fully saturated rings. The maximum Gasteiger partial charge on any atom is 0.460 e. The molecule has 0 aliphatic carbocycles. The molecule has 374 valence electrons. The molecule has 0 aromatic carbocycles. The van der Waals surface area contributed by atoms with Gasteiger partial charge in [0, 0.05) is 25.7 Å². The highest BCUT2D eigenvalue weighted by molar-refractivity contribution is 5.11. The lowest BCUT2D eigenvalue weighted by atomic mass is 9.91. The van der Waals surface area contributed by atoms with Crippen molar-refractivity contribution < 1.29 is 123 Å². The SMILES string of the molecule is CCC(CCCCCCCCC[N+](C)(C)CCCC(F)(F)C(F)(F)C(F)(F)C(F)(F)C(F)(F)C(F)(F)F)[N+](C)(C)CCCC(F)(F)C(F)(F)C(F)(F)C(F)(F)C(F)(F)C(F)(F)F. The van der Waals surface area contributed by atoms with Crippen molar-refractivity contribution in [3.8, 4) is 0 Å². The van der Waals surface area contributed by atoms with Gasteiger partial charge in [0.1, 0.15) is 0 Å². The van der Waals surface area contributed by atoms with Crippen LogP contribution >= 0.6 is 0 Å². The van der Waals surface area contributed by atoms with E-state index in [0.717, 1.165) is 0 Å². The first kappa shape index (κ1) is 60.1. The number of halogens is 26. The van der Waals surface area contributed by atoms with Crippen molar-refractivity contribution >= 4 is 0 Å². The highest BCUT2D eigenvalue weighted by atomic mass is 19.4. The number of unbranched alkanes of at least 4 members (excludes halogenated alkanes) is 6. The molecule has 0 rings (SSSR count). The lowest BCUT2D eigenvalue weighted by Crippen LogP contribution is -2.70. The van der Waals surface area contributed by atoms with E-state index in [0.29, 0.717) is 57.8 Å². The highest BCUT2D eigenvalue weighted by Gasteiger charge is 2.92. The lowest BCUT2D eigenvalue weighted by Gasteiger charge is -2.41. The first-order chi connectivity index (χ1) is 27.1. The van der Waals surface area contributed by atoms with Gasteiger partial charge in [-0.05, 0) is 32.1 Å². The molecule has 2 nitrogen and oxygen atoms in total. The van der Waals surface area contributed by atoms with Crippen molar-refractivity contribution in [2.75, 3.05) is 47.8 Å². The largest absolute Gasteiger partial charge is 0.460 e. The molecule has 62 heavy (non-hydrogen) atoms. The zero-order valence-electron chi connectivity index (χ0n) is 33.6. The Kier molecular flexibility index (Phi) is 18.9. The Labute approximate surface area is 339 Å². The molecule has 0 aliphatic rings. The van der Waals surface area contributed by atoms with Crippen LogP contribution in [0.25, 0.3) is 0 Å². The Morgan fingerprint density at radius 1 is 0.323 bits per heavy atom. The van der Waals surface area contributed by atoms with Crippen molar-refractivity contribution in [1.82, 2.24) is 0 Å². The van der Waals surface area contributed by atoms with Gasteiger partial charge < -0.3 is 8.97 Å². The zero-order chi connectivity index (χ0) is 49.9. The molecule has 0 saturated heterocycles. The van der Waals surface area contributed by atoms with Crippen LogP contribution in [0.5, 0.6) is 0 Å². The van der Waals surface area contributed by atoms with Crippen molar-refractivity contribution in [3.05, 3.63) is 0 Å². The monoisotopic (exact) mass is 978 g/mol. The molecule has 0 N–H and O–H groups in total. The van der Waals surface area contributed by atoms with Gasteiger partial charge in [0.25, 0.3) is 0 Å². The van der Waals surface area contributed by atoms with E-state index in [2.05, 4.69) is 0 Å². The molecule has 0 aromatic heterocycles. The average molecular weight is 979 g/mol. The predicted molar refractivity (Wildman–Crippen MR) is 170 cm³/mol. The van der Waals surface area contributed by atoms with Gasteiger partial charge in [0.15, 0.2) is 0 Å². The molecule has 0 bridgehead atoms. The van der Waals surface area contributed by atoms with Crippen LogP contribution in [0.4, 0.5) is 114 Å². The number of alkyl halides is 26. The van der Waals surface area contributed by atoms with E-state index in [4.69, 9.17) is 0 Å². The standard InChI is InChI=1S/C34H48F26N2/c1-6-22(62(4,5)21-15-18-24(37,38)26(41,42)28(45,46)30(49,50)32(53,54)34(58,59)60)16-12-10-8-7-9-11-13-19-61(2,3)20-14-17-23(35,36)25(39,40)27(43,44)29(47,48)31(51,52)33(55,56)57/h22H,6-21H2,1-5H3/q+2. The minimum absolute atomic E-state index is 0.158. The minimum atomic E-state index is -7.97. The average Bonchev–Trinajstić information content (AvgIpc) is 3.06. The van der Waals surface area contributed by atoms with E-state index in [-0.39, 0.29) is 21.6 Å². The third-order valence-corrected chi connectivity index (χ3v) is 10.7. The predicted octanol–water partition coefficient (Wildman–Crippen LogP) is 14.1. The Bertz CT molecular complexity index is 1380. The van der Waals surface area contributed by atoms with E-state index >= 15 is 0 Å². The third-order valence-electron chi connectivity index (χ3n) is 10.7. The molecule has 0 amide bonds. The molecular weight excluding hydrogens is 930 g/mol. The van der Waals surface area contributed by atoms with Gasteiger partial charge in [-0.15, -0.1) is 0 Å². The van der Waals surface area contributed by atoms with Gasteiger partial charge in [0.2, 0.25) is 0 Å². The second kappa shape index (κ2) is 19.5. The topological polar surface area (TPSA) is 0 Å². The zero-order valence-corrected chi connectivity index (χ0v) is 33.6. The van der Waals surface area contributed by atoms with Crippen molar-refractivity contribution in [3.63, 3.8) is 0 Å². The third kappa shape index (κ3) is 12.1. The summed E-state index contributed by atoms with van der Waals surface area (Å²) in [6, 6.07) is -0.386. The van der Waals surface area contributed by atoms with Crippen LogP contribution in [0.3, 0.4) is 0 Å². The smallest absolute Gasteiger partial charge is 0.328 e. The molecule has 0 aliphatic heterocycles. The summed E-state index contributed by atoms with van der Waals surface area (Å²) < 4.78 is 347. The molecule has 28 heteroatoms. The van der Waals surface area contributed by atoms with Crippen molar-refractivity contribution in [1.29, 1.82) is 0 Å². The first-order valence-electron chi connectivity index (χ1n) is 18.6. The normalized spacial score (nSPS) is 16.3. The molecule has 1 unspecified atom stereocenters. The number of nitrogens with zero attached hydrogens (tertiary/aromatic N) is 2. The molecule has 0 saturated carbocycles. The minimum Gasteiger partial charge on any atom is -0.328 e. The molecule has 0 heterocycles. The number of hydrogen-bond acceptors (Lipinski definition) is 0. The van der Waals surface area contributed by atoms with E-state index in [1.165, 1.54) is 28.2 Å². The van der Waals surface area contributed by atoms with Crippen LogP contribution in [-0.2, 0) is 0 Å². The Hall–Kier alpha value is -1.90. The second-order valence-electron chi connectivity index (χ2n) is 16.4. The van der Waals surface area contributed by atoms with Crippen LogP contribution in [0.2, 0.25) is 0 Å². The summed E-state index contributed by atoms with van der Waals surface area (Å²) in [6.45, 7) is 0.849. The van der Waals surface area contributed by atoms with Gasteiger partial charge in [-0.2, -0.15) is 114 Å². The number of hydrogen-bond donors (Lipinski definition) is 0. The fourth-order valence-electron chi connectivity index (χ4n) is 6.50. The Morgan fingerprint density at radius 2 is 0.597 bits per heavy atom. The Balaban J connectivity index is 4.98. The van der Waals surface area contributed by atoms with Crippen LogP contribution in [0.15, 0.2) is 0 Å². The van der Waals surface area contributed by atoms with Crippen LogP contribution < -0.4 is 0 Å². The summed E-state index contributed by atoms with van der Waals surface area (Å²) in [5, 5.41) is 0. The Morgan fingerprint density at radius 3 is 0.919 bits per heavy atom. The molecule has 0 spiro atoms. The second-order valence-corrected chi connectivity index (χ2v) is 16.4. The van der Waals surface area contributed by atoms with Crippen LogP contribution in [-0.4, -0.2) is 134 Å². The molecule has 0 radical (unpaired) electrons. The van der Waals surface area contributed by atoms with E-state index < -0.39 is 110 Å². The maximum absolute atomic E-state index is 14.2. The van der Waals surface area contributed by atoms with Crippen LogP contribution in [0.1, 0.15) is 90.4 Å². The van der Waals surface area contributed by atoms with E-state index in [1.807, 2.05) is 0 Å². The summed E-state index contributed by atoms with van der Waals surface area (Å²) in [7, 11) is 5.59. The highest BCUT2D eigenvalue weighted by Crippen LogP contribution is 2.62. The summed E-state index contributed by atoms with van der Waals surface area (Å²) in [5.41, 5.74) is 0. The molecular formula is C34H48F26N2+2. The van der Waals surface area contributed by atoms with Gasteiger partial charge in [-0.3, -0.25) is 0 Å². The lowest BCUT2D eigenvalue weighted by molar-refractivity contribution is -0.916. The fraction of sp³-hybridized carbons (Fsp3) is 1.00. The fourth-order valence-corrected chi connectivity index (χ4v) is 6.50. The van der Waals surface area contributed by atoms with E-state index in [1.54, 1.807) is 6.92 Å².